The first-order valence-corrected chi connectivity index (χ1v) is 18.4. The molecule has 0 radical (unpaired) electrons. The Kier molecular flexibility index (Phi) is 10.8. The second-order valence-corrected chi connectivity index (χ2v) is 14.3. The Morgan fingerprint density at radius 1 is 0.704 bits per heavy atom. The van der Waals surface area contributed by atoms with Crippen LogP contribution in [-0.2, 0) is 9.59 Å². The monoisotopic (exact) mass is 721 g/mol. The molecule has 11 nitrogen and oxygen atoms in total. The summed E-state index contributed by atoms with van der Waals surface area (Å²) in [4.78, 5) is 54.0. The summed E-state index contributed by atoms with van der Waals surface area (Å²) in [5.74, 6) is 1.49. The first kappa shape index (κ1) is 36.4. The summed E-state index contributed by atoms with van der Waals surface area (Å²) in [6.45, 7) is 2.63. The molecule has 276 valence electrons. The van der Waals surface area contributed by atoms with Gasteiger partial charge in [-0.2, -0.15) is 0 Å². The number of rotatable bonds is 12. The minimum Gasteiger partial charge on any atom is -0.345 e. The van der Waals surface area contributed by atoms with E-state index in [0.29, 0.717) is 12.4 Å². The number of nitrogens with zero attached hydrogens (tertiary/aromatic N) is 6. The van der Waals surface area contributed by atoms with Gasteiger partial charge in [-0.1, -0.05) is 84.9 Å². The van der Waals surface area contributed by atoms with E-state index >= 15 is 0 Å². The van der Waals surface area contributed by atoms with Gasteiger partial charge < -0.3 is 20.2 Å². The van der Waals surface area contributed by atoms with Crippen molar-refractivity contribution in [1.29, 1.82) is 0 Å². The molecule has 4 heterocycles. The molecule has 1 aliphatic rings. The number of carbonyl (C=O) groups excluding carboxylic acids is 2. The summed E-state index contributed by atoms with van der Waals surface area (Å²) in [7, 11) is 7.70. The number of H-pyrrole nitrogens is 2. The van der Waals surface area contributed by atoms with Crippen molar-refractivity contribution in [3.63, 3.8) is 0 Å². The largest absolute Gasteiger partial charge is 0.345 e. The maximum Gasteiger partial charge on any atom is 0.245 e. The molecule has 54 heavy (non-hydrogen) atoms. The third-order valence-electron chi connectivity index (χ3n) is 10.1. The fraction of sp³-hybridized carbons (Fsp3) is 0.279. The van der Waals surface area contributed by atoms with Crippen LogP contribution in [0, 0.1) is 0 Å². The van der Waals surface area contributed by atoms with Gasteiger partial charge in [0.05, 0.1) is 41.6 Å². The highest BCUT2D eigenvalue weighted by Gasteiger charge is 2.37. The van der Waals surface area contributed by atoms with Crippen LogP contribution in [0.5, 0.6) is 0 Å². The van der Waals surface area contributed by atoms with Crippen LogP contribution in [-0.4, -0.2) is 86.2 Å². The third-order valence-corrected chi connectivity index (χ3v) is 10.1. The van der Waals surface area contributed by atoms with E-state index in [2.05, 4.69) is 20.3 Å². The molecule has 1 saturated heterocycles. The van der Waals surface area contributed by atoms with Gasteiger partial charge in [-0.3, -0.25) is 24.4 Å². The van der Waals surface area contributed by atoms with E-state index < -0.39 is 6.04 Å². The number of nitrogens with one attached hydrogen (secondary N) is 3. The zero-order chi connectivity index (χ0) is 37.8. The number of aromatic nitrogens is 5. The van der Waals surface area contributed by atoms with Crippen LogP contribution in [0.15, 0.2) is 116 Å². The molecule has 0 spiro atoms. The smallest absolute Gasteiger partial charge is 0.245 e. The number of carbonyl (C=O) groups is 2. The van der Waals surface area contributed by atoms with E-state index in [1.807, 2.05) is 159 Å². The second-order valence-electron chi connectivity index (χ2n) is 14.3. The van der Waals surface area contributed by atoms with Gasteiger partial charge in [0.15, 0.2) is 0 Å². The molecular formula is C43H47N9O2. The van der Waals surface area contributed by atoms with Gasteiger partial charge in [0.2, 0.25) is 11.8 Å². The number of likely N-dealkylation sites (N-methyl/N-ethyl adjacent to an activating group) is 2. The Morgan fingerprint density at radius 2 is 1.30 bits per heavy atom. The van der Waals surface area contributed by atoms with Gasteiger partial charge in [0.25, 0.3) is 0 Å². The minimum atomic E-state index is -0.406. The lowest BCUT2D eigenvalue weighted by molar-refractivity contribution is -0.137. The quantitative estimate of drug-likeness (QED) is 0.125. The summed E-state index contributed by atoms with van der Waals surface area (Å²) in [6, 6.07) is 30.7. The van der Waals surface area contributed by atoms with Gasteiger partial charge in [0, 0.05) is 23.9 Å². The molecule has 0 bridgehead atoms. The molecule has 0 aliphatic carbocycles. The van der Waals surface area contributed by atoms with Crippen LogP contribution >= 0.6 is 0 Å². The normalized spacial score (nSPS) is 16.1. The average molecular weight is 722 g/mol. The highest BCUT2D eigenvalue weighted by atomic mass is 16.2. The number of hydrogen-bond acceptors (Lipinski definition) is 7. The molecule has 4 atom stereocenters. The van der Waals surface area contributed by atoms with Gasteiger partial charge in [-0.05, 0) is 76.8 Å². The number of pyridine rings is 1. The van der Waals surface area contributed by atoms with E-state index in [1.165, 1.54) is 0 Å². The van der Waals surface area contributed by atoms with Crippen LogP contribution in [0.2, 0.25) is 0 Å². The van der Waals surface area contributed by atoms with Crippen molar-refractivity contribution in [3.8, 4) is 33.8 Å². The number of imidazole rings is 2. The Bertz CT molecular complexity index is 2160. The van der Waals surface area contributed by atoms with Gasteiger partial charge >= 0.3 is 0 Å². The molecule has 1 aliphatic heterocycles. The van der Waals surface area contributed by atoms with Crippen LogP contribution < -0.4 is 5.32 Å². The van der Waals surface area contributed by atoms with E-state index in [0.717, 1.165) is 63.6 Å². The SMILES string of the molecule is C[C@H](NC(=O)[C@H](c1ccccc1)N(C)C)c1ncc(-c2ccc(-c3ccc(-c4cnc(C5CCCN5C(=O)C(c5ccccc5)N(C)C)[nH]4)cn3)cc2)[nH]1. The van der Waals surface area contributed by atoms with Crippen molar-refractivity contribution >= 4 is 11.8 Å². The fourth-order valence-corrected chi connectivity index (χ4v) is 7.35. The zero-order valence-electron chi connectivity index (χ0n) is 31.4. The van der Waals surface area contributed by atoms with Crippen LogP contribution in [0.25, 0.3) is 33.8 Å². The molecule has 3 aromatic heterocycles. The Hall–Kier alpha value is -5.91. The number of benzene rings is 3. The molecule has 2 unspecified atom stereocenters. The van der Waals surface area contributed by atoms with Crippen LogP contribution in [0.1, 0.15) is 66.7 Å². The van der Waals surface area contributed by atoms with Crippen LogP contribution in [0.3, 0.4) is 0 Å². The molecular weight excluding hydrogens is 675 g/mol. The molecule has 11 heteroatoms. The Morgan fingerprint density at radius 3 is 1.93 bits per heavy atom. The van der Waals surface area contributed by atoms with E-state index in [1.54, 1.807) is 6.20 Å². The zero-order valence-corrected chi connectivity index (χ0v) is 31.4. The fourth-order valence-electron chi connectivity index (χ4n) is 7.35. The number of hydrogen-bond donors (Lipinski definition) is 3. The number of likely N-dealkylation sites (tertiary alicyclic amines) is 1. The summed E-state index contributed by atoms with van der Waals surface area (Å²) >= 11 is 0. The predicted molar refractivity (Wildman–Crippen MR) is 211 cm³/mol. The van der Waals surface area contributed by atoms with Crippen LogP contribution in [0.4, 0.5) is 0 Å². The molecule has 6 aromatic rings. The summed E-state index contributed by atoms with van der Waals surface area (Å²) in [6.07, 6.45) is 7.27. The Labute approximate surface area is 316 Å². The average Bonchev–Trinajstić information content (AvgIpc) is 3.98. The van der Waals surface area contributed by atoms with E-state index in [-0.39, 0.29) is 29.9 Å². The highest BCUT2D eigenvalue weighted by Crippen LogP contribution is 2.35. The van der Waals surface area contributed by atoms with Gasteiger partial charge in [-0.15, -0.1) is 0 Å². The van der Waals surface area contributed by atoms with Gasteiger partial charge in [0.1, 0.15) is 23.7 Å². The van der Waals surface area contributed by atoms with Crippen molar-refractivity contribution in [2.45, 2.75) is 43.9 Å². The molecule has 3 N–H and O–H groups in total. The molecule has 1 fully saturated rings. The van der Waals surface area contributed by atoms with Crippen molar-refractivity contribution in [2.75, 3.05) is 34.7 Å². The minimum absolute atomic E-state index is 0.0859. The second kappa shape index (κ2) is 16.0. The first-order chi connectivity index (χ1) is 26.2. The molecule has 0 saturated carbocycles. The Balaban J connectivity index is 0.992. The summed E-state index contributed by atoms with van der Waals surface area (Å²) in [5, 5.41) is 3.12. The number of amides is 2. The summed E-state index contributed by atoms with van der Waals surface area (Å²) in [5.41, 5.74) is 7.39. The maximum atomic E-state index is 13.9. The topological polar surface area (TPSA) is 126 Å². The van der Waals surface area contributed by atoms with Crippen molar-refractivity contribution < 1.29 is 9.59 Å². The molecule has 2 amide bonds. The van der Waals surface area contributed by atoms with Crippen molar-refractivity contribution in [1.82, 2.24) is 44.9 Å². The van der Waals surface area contributed by atoms with Gasteiger partial charge in [-0.25, -0.2) is 9.97 Å². The molecule has 3 aromatic carbocycles. The van der Waals surface area contributed by atoms with E-state index in [9.17, 15) is 9.59 Å². The maximum absolute atomic E-state index is 13.9. The lowest BCUT2D eigenvalue weighted by Gasteiger charge is -2.31. The highest BCUT2D eigenvalue weighted by molar-refractivity contribution is 5.84. The van der Waals surface area contributed by atoms with E-state index in [4.69, 9.17) is 9.97 Å². The van der Waals surface area contributed by atoms with Crippen molar-refractivity contribution in [2.24, 2.45) is 0 Å². The summed E-state index contributed by atoms with van der Waals surface area (Å²) < 4.78 is 0. The van der Waals surface area contributed by atoms with Crippen molar-refractivity contribution in [3.05, 3.63) is 138 Å². The number of aromatic amines is 2. The lowest BCUT2D eigenvalue weighted by atomic mass is 10.0. The molecule has 7 rings (SSSR count). The third kappa shape index (κ3) is 7.73. The predicted octanol–water partition coefficient (Wildman–Crippen LogP) is 6.98. The standard InChI is InChI=1S/C43H47N9O2/c1-28(47-42(53)38(50(2)3)31-13-8-6-9-14-31)40-45-26-35(48-40)30-20-18-29(19-21-30)34-23-22-33(25-44-34)36-27-46-41(49-36)37-17-12-24-52(37)43(54)39(51(4)5)32-15-10-7-11-16-32/h6-11,13-16,18-23,25-28,37-39H,12,17,24H2,1-5H3,(H,45,48)(H,46,49)(H,47,53)/t28-,37?,38-,39?/m0/s1. The lowest BCUT2D eigenvalue weighted by Crippen LogP contribution is -2.40. The first-order valence-electron chi connectivity index (χ1n) is 18.4.